The van der Waals surface area contributed by atoms with Crippen molar-refractivity contribution in [3.05, 3.63) is 29.8 Å². The van der Waals surface area contributed by atoms with Crippen LogP contribution < -0.4 is 10.6 Å². The lowest BCUT2D eigenvalue weighted by molar-refractivity contribution is -0.225. The van der Waals surface area contributed by atoms with Crippen LogP contribution in [0, 0.1) is 5.92 Å². The van der Waals surface area contributed by atoms with E-state index in [2.05, 4.69) is 10.6 Å². The standard InChI is InChI=1S/C20H28N2O7/c1-10-15(24)16(25)17(26)20(29-10)22-18(27)11-6-2-4-8-13(11)21-19(28)12-7-3-5-9-14(12)23/h3,5,7,9-11,13,15-17,20,23-26H,2,4,6,8H2,1H3,(H,21,28)(H,22,27)/t10-,11-,13+,15+,16+,17-,20+/m0/s1. The molecule has 2 amide bonds. The minimum absolute atomic E-state index is 0.134. The highest BCUT2D eigenvalue weighted by molar-refractivity contribution is 5.97. The smallest absolute Gasteiger partial charge is 0.255 e. The minimum atomic E-state index is -1.47. The SMILES string of the molecule is C[C@@H]1O[C@@H](NC(=O)[C@H]2CCCC[C@H]2NC(=O)c2ccccc2O)[C@@H](O)[C@H](O)[C@@H]1O. The van der Waals surface area contributed by atoms with Crippen molar-refractivity contribution in [3.8, 4) is 5.75 Å². The maximum atomic E-state index is 12.9. The average molecular weight is 408 g/mol. The molecule has 0 unspecified atom stereocenters. The Morgan fingerprint density at radius 2 is 1.69 bits per heavy atom. The fraction of sp³-hybridized carbons (Fsp3) is 0.600. The molecule has 1 aromatic carbocycles. The van der Waals surface area contributed by atoms with Gasteiger partial charge in [-0.25, -0.2) is 0 Å². The van der Waals surface area contributed by atoms with E-state index in [0.29, 0.717) is 12.8 Å². The summed E-state index contributed by atoms with van der Waals surface area (Å²) in [7, 11) is 0. The van der Waals surface area contributed by atoms with E-state index in [9.17, 15) is 30.0 Å². The van der Waals surface area contributed by atoms with Gasteiger partial charge >= 0.3 is 0 Å². The summed E-state index contributed by atoms with van der Waals surface area (Å²) >= 11 is 0. The zero-order valence-corrected chi connectivity index (χ0v) is 16.2. The molecule has 1 aliphatic carbocycles. The molecule has 3 rings (SSSR count). The van der Waals surface area contributed by atoms with Crippen LogP contribution in [0.15, 0.2) is 24.3 Å². The fourth-order valence-corrected chi connectivity index (χ4v) is 3.95. The second-order valence-corrected chi connectivity index (χ2v) is 7.73. The van der Waals surface area contributed by atoms with Crippen molar-refractivity contribution in [2.24, 2.45) is 5.92 Å². The van der Waals surface area contributed by atoms with Crippen LogP contribution in [0.3, 0.4) is 0 Å². The van der Waals surface area contributed by atoms with E-state index in [1.807, 2.05) is 0 Å². The third kappa shape index (κ3) is 4.69. The highest BCUT2D eigenvalue weighted by atomic mass is 16.5. The van der Waals surface area contributed by atoms with Gasteiger partial charge in [-0.1, -0.05) is 25.0 Å². The number of carbonyl (C=O) groups is 2. The molecule has 160 valence electrons. The van der Waals surface area contributed by atoms with E-state index in [-0.39, 0.29) is 11.3 Å². The number of amides is 2. The maximum absolute atomic E-state index is 12.9. The fourth-order valence-electron chi connectivity index (χ4n) is 3.95. The monoisotopic (exact) mass is 408 g/mol. The quantitative estimate of drug-likeness (QED) is 0.398. The predicted octanol–water partition coefficient (Wildman–Crippen LogP) is -0.376. The van der Waals surface area contributed by atoms with E-state index in [4.69, 9.17) is 4.74 Å². The summed E-state index contributed by atoms with van der Waals surface area (Å²) in [5.41, 5.74) is 0.134. The number of aromatic hydroxyl groups is 1. The number of nitrogens with one attached hydrogen (secondary N) is 2. The Kier molecular flexibility index (Phi) is 6.74. The summed E-state index contributed by atoms with van der Waals surface area (Å²) in [4.78, 5) is 25.4. The van der Waals surface area contributed by atoms with Crippen LogP contribution in [0.5, 0.6) is 5.75 Å². The first-order valence-corrected chi connectivity index (χ1v) is 9.88. The lowest BCUT2D eigenvalue weighted by Crippen LogP contribution is -2.63. The second kappa shape index (κ2) is 9.08. The van der Waals surface area contributed by atoms with Crippen LogP contribution in [-0.2, 0) is 9.53 Å². The highest BCUT2D eigenvalue weighted by Gasteiger charge is 2.43. The number of rotatable bonds is 4. The maximum Gasteiger partial charge on any atom is 0.255 e. The number of hydrogen-bond donors (Lipinski definition) is 6. The van der Waals surface area contributed by atoms with E-state index in [0.717, 1.165) is 12.8 Å². The molecule has 7 atom stereocenters. The molecule has 0 bridgehead atoms. The Morgan fingerprint density at radius 3 is 2.41 bits per heavy atom. The van der Waals surface area contributed by atoms with Gasteiger partial charge in [-0.15, -0.1) is 0 Å². The molecule has 1 aromatic rings. The van der Waals surface area contributed by atoms with Gasteiger partial charge in [0.1, 0.15) is 24.1 Å². The number of ether oxygens (including phenoxy) is 1. The molecule has 1 aliphatic heterocycles. The zero-order chi connectivity index (χ0) is 21.1. The Morgan fingerprint density at radius 1 is 1.00 bits per heavy atom. The molecule has 0 radical (unpaired) electrons. The molecule has 29 heavy (non-hydrogen) atoms. The van der Waals surface area contributed by atoms with Crippen molar-refractivity contribution in [2.75, 3.05) is 0 Å². The van der Waals surface area contributed by atoms with Crippen molar-refractivity contribution in [3.63, 3.8) is 0 Å². The van der Waals surface area contributed by atoms with Crippen molar-refractivity contribution in [2.45, 2.75) is 69.3 Å². The Hall–Kier alpha value is -2.20. The molecule has 9 heteroatoms. The van der Waals surface area contributed by atoms with Gasteiger partial charge in [0.25, 0.3) is 5.91 Å². The van der Waals surface area contributed by atoms with Gasteiger partial charge in [-0.05, 0) is 31.9 Å². The highest BCUT2D eigenvalue weighted by Crippen LogP contribution is 2.27. The van der Waals surface area contributed by atoms with Gasteiger partial charge in [0, 0.05) is 6.04 Å². The van der Waals surface area contributed by atoms with Crippen molar-refractivity contribution >= 4 is 11.8 Å². The minimum Gasteiger partial charge on any atom is -0.507 e. The van der Waals surface area contributed by atoms with Crippen molar-refractivity contribution in [1.29, 1.82) is 0 Å². The molecular weight excluding hydrogens is 380 g/mol. The van der Waals surface area contributed by atoms with E-state index < -0.39 is 54.4 Å². The molecule has 6 N–H and O–H groups in total. The van der Waals surface area contributed by atoms with Crippen molar-refractivity contribution < 1.29 is 34.8 Å². The Labute approximate surface area is 168 Å². The first-order chi connectivity index (χ1) is 13.8. The van der Waals surface area contributed by atoms with E-state index >= 15 is 0 Å². The van der Waals surface area contributed by atoms with Gasteiger partial charge in [0.15, 0.2) is 6.23 Å². The van der Waals surface area contributed by atoms with Crippen LogP contribution in [0.1, 0.15) is 43.0 Å². The van der Waals surface area contributed by atoms with E-state index in [1.54, 1.807) is 12.1 Å². The Balaban J connectivity index is 1.67. The number of benzene rings is 1. The van der Waals surface area contributed by atoms with Gasteiger partial charge in [-0.3, -0.25) is 9.59 Å². The van der Waals surface area contributed by atoms with Crippen LogP contribution >= 0.6 is 0 Å². The molecule has 0 spiro atoms. The van der Waals surface area contributed by atoms with E-state index in [1.165, 1.54) is 19.1 Å². The van der Waals surface area contributed by atoms with Crippen LogP contribution in [-0.4, -0.2) is 68.9 Å². The Bertz CT molecular complexity index is 743. The molecule has 1 heterocycles. The normalized spacial score (nSPS) is 35.0. The first-order valence-electron chi connectivity index (χ1n) is 9.88. The summed E-state index contributed by atoms with van der Waals surface area (Å²) in [6.45, 7) is 1.54. The van der Waals surface area contributed by atoms with Crippen molar-refractivity contribution in [1.82, 2.24) is 10.6 Å². The lowest BCUT2D eigenvalue weighted by Gasteiger charge is -2.40. The molecule has 0 aromatic heterocycles. The van der Waals surface area contributed by atoms with Gasteiger partial charge in [-0.2, -0.15) is 0 Å². The molecule has 1 saturated heterocycles. The second-order valence-electron chi connectivity index (χ2n) is 7.73. The number of para-hydroxylation sites is 1. The largest absolute Gasteiger partial charge is 0.507 e. The summed E-state index contributed by atoms with van der Waals surface area (Å²) < 4.78 is 5.43. The topological polar surface area (TPSA) is 148 Å². The average Bonchev–Trinajstić information content (AvgIpc) is 2.71. The lowest BCUT2D eigenvalue weighted by atomic mass is 9.83. The predicted molar refractivity (Wildman–Crippen MR) is 102 cm³/mol. The number of aliphatic hydroxyl groups is 3. The van der Waals surface area contributed by atoms with Gasteiger partial charge in [0.2, 0.25) is 5.91 Å². The molecule has 1 saturated carbocycles. The first kappa shape index (κ1) is 21.5. The van der Waals surface area contributed by atoms with Crippen LogP contribution in [0.25, 0.3) is 0 Å². The van der Waals surface area contributed by atoms with Crippen LogP contribution in [0.4, 0.5) is 0 Å². The van der Waals surface area contributed by atoms with Crippen LogP contribution in [0.2, 0.25) is 0 Å². The summed E-state index contributed by atoms with van der Waals surface area (Å²) in [5, 5.41) is 45.1. The number of carbonyl (C=O) groups excluding carboxylic acids is 2. The number of aliphatic hydroxyl groups excluding tert-OH is 3. The summed E-state index contributed by atoms with van der Waals surface area (Å²) in [5.74, 6) is -1.56. The zero-order valence-electron chi connectivity index (χ0n) is 16.2. The molecular formula is C20H28N2O7. The van der Waals surface area contributed by atoms with Gasteiger partial charge < -0.3 is 35.8 Å². The summed E-state index contributed by atoms with van der Waals surface area (Å²) in [6, 6.07) is 5.74. The summed E-state index contributed by atoms with van der Waals surface area (Å²) in [6.07, 6.45) is -3.28. The third-order valence-corrected chi connectivity index (χ3v) is 5.70. The third-order valence-electron chi connectivity index (χ3n) is 5.70. The van der Waals surface area contributed by atoms with Gasteiger partial charge in [0.05, 0.1) is 17.6 Å². The molecule has 2 fully saturated rings. The molecule has 9 nitrogen and oxygen atoms in total. The number of phenols is 1. The molecule has 2 aliphatic rings. The number of phenolic OH excluding ortho intramolecular Hbond substituents is 1. The number of hydrogen-bond acceptors (Lipinski definition) is 7.